The smallest absolute Gasteiger partial charge is 0.354 e. The number of nitrogens with zero attached hydrogens (tertiary/aromatic N) is 3. The lowest BCUT2D eigenvalue weighted by molar-refractivity contribution is -0.162. The number of carbonyl (C=O) groups excluding carboxylic acids is 2. The Morgan fingerprint density at radius 3 is 2.36 bits per heavy atom. The summed E-state index contributed by atoms with van der Waals surface area (Å²) in [6.07, 6.45) is 6.37. The van der Waals surface area contributed by atoms with Crippen molar-refractivity contribution >= 4 is 23.5 Å². The first-order chi connectivity index (χ1) is 18.1. The molecule has 6 rings (SSSR count). The Labute approximate surface area is 226 Å². The van der Waals surface area contributed by atoms with Crippen LogP contribution in [0.4, 0.5) is 4.39 Å². The van der Waals surface area contributed by atoms with Gasteiger partial charge in [0.2, 0.25) is 0 Å². The van der Waals surface area contributed by atoms with E-state index in [1.807, 2.05) is 0 Å². The van der Waals surface area contributed by atoms with Crippen molar-refractivity contribution in [3.63, 3.8) is 0 Å². The van der Waals surface area contributed by atoms with Crippen LogP contribution in [0.1, 0.15) is 78.1 Å². The Bertz CT molecular complexity index is 1350. The Kier molecular flexibility index (Phi) is 9.06. The van der Waals surface area contributed by atoms with Gasteiger partial charge in [0.25, 0.3) is 5.91 Å². The molecule has 0 saturated heterocycles. The molecule has 1 aromatic carbocycles. The highest BCUT2D eigenvalue weighted by molar-refractivity contribution is 5.96. The number of carbonyl (C=O) groups is 3. The van der Waals surface area contributed by atoms with Gasteiger partial charge in [-0.2, -0.15) is 5.10 Å². The number of nitrogens with two attached hydrogens (primary N) is 1. The average Bonchev–Trinajstić information content (AvgIpc) is 3.42. The zero-order valence-electron chi connectivity index (χ0n) is 21.5. The minimum atomic E-state index is -1.20. The monoisotopic (exact) mass is 541 g/mol. The van der Waals surface area contributed by atoms with Crippen molar-refractivity contribution in [2.24, 2.45) is 16.6 Å². The highest BCUT2D eigenvalue weighted by Gasteiger charge is 2.53. The summed E-state index contributed by atoms with van der Waals surface area (Å²) in [7, 11) is 1.43. The Balaban J connectivity index is 0.000000324. The zero-order chi connectivity index (χ0) is 27.5. The van der Waals surface area contributed by atoms with Gasteiger partial charge in [-0.05, 0) is 68.1 Å². The highest BCUT2D eigenvalue weighted by Crippen LogP contribution is 2.57. The predicted octanol–water partition coefficient (Wildman–Crippen LogP) is 3.90. The molecular weight excluding hydrogens is 505 g/mol. The number of esters is 1. The second-order valence-corrected chi connectivity index (χ2v) is 10.2. The van der Waals surface area contributed by atoms with Gasteiger partial charge in [0, 0.05) is 25.2 Å². The normalized spacial score (nSPS) is 21.3. The maximum Gasteiger partial charge on any atom is 0.354 e. The standard InChI is InChI=1S/C19H22N4O5.C8H10FN.CH4/c1-28-17(27)19-6-3-18(4-7-19,5-8-19)11-20-15(24)13-10-12(16(25)26)22-14-2-9-21-23(13)14;1-6-4-7(5-10)2-3-8(6)9;/h2,9-10H,3-8,11H2,1H3,(H,20,24)(H,25,26);2-4H,5,10H2,1H3;1H4. The summed E-state index contributed by atoms with van der Waals surface area (Å²) >= 11 is 0. The molecule has 210 valence electrons. The summed E-state index contributed by atoms with van der Waals surface area (Å²) in [5.74, 6) is -1.88. The van der Waals surface area contributed by atoms with Crippen LogP contribution in [0.3, 0.4) is 0 Å². The number of hydrogen-bond donors (Lipinski definition) is 3. The summed E-state index contributed by atoms with van der Waals surface area (Å²) in [6.45, 7) is 2.69. The number of methoxy groups -OCH3 is 1. The predicted molar refractivity (Wildman–Crippen MR) is 143 cm³/mol. The molecule has 39 heavy (non-hydrogen) atoms. The number of amides is 1. The molecule has 0 aliphatic heterocycles. The van der Waals surface area contributed by atoms with Gasteiger partial charge in [-0.1, -0.05) is 19.6 Å². The molecule has 3 aliphatic carbocycles. The molecule has 4 N–H and O–H groups in total. The van der Waals surface area contributed by atoms with E-state index in [-0.39, 0.29) is 47.3 Å². The van der Waals surface area contributed by atoms with E-state index in [2.05, 4.69) is 15.4 Å². The molecule has 2 aromatic heterocycles. The lowest BCUT2D eigenvalue weighted by atomic mass is 9.53. The average molecular weight is 542 g/mol. The van der Waals surface area contributed by atoms with Crippen LogP contribution in [0, 0.1) is 23.6 Å². The van der Waals surface area contributed by atoms with Crippen molar-refractivity contribution in [1.82, 2.24) is 19.9 Å². The molecule has 10 nitrogen and oxygen atoms in total. The first kappa shape index (κ1) is 29.7. The fourth-order valence-electron chi connectivity index (χ4n) is 5.43. The lowest BCUT2D eigenvalue weighted by Crippen LogP contribution is -2.50. The first-order valence-corrected chi connectivity index (χ1v) is 12.5. The van der Waals surface area contributed by atoms with Crippen molar-refractivity contribution < 1.29 is 28.6 Å². The number of hydrogen-bond acceptors (Lipinski definition) is 7. The molecule has 3 fully saturated rings. The van der Waals surface area contributed by atoms with Crippen LogP contribution in [0.2, 0.25) is 0 Å². The number of benzene rings is 1. The van der Waals surface area contributed by atoms with Crippen molar-refractivity contribution in [2.75, 3.05) is 13.7 Å². The van der Waals surface area contributed by atoms with Crippen LogP contribution in [-0.2, 0) is 16.1 Å². The van der Waals surface area contributed by atoms with Crippen LogP contribution in [0.15, 0.2) is 36.5 Å². The van der Waals surface area contributed by atoms with Crippen LogP contribution in [-0.4, -0.2) is 51.2 Å². The van der Waals surface area contributed by atoms with E-state index in [0.717, 1.165) is 44.1 Å². The molecule has 3 aromatic rings. The summed E-state index contributed by atoms with van der Waals surface area (Å²) in [4.78, 5) is 40.2. The highest BCUT2D eigenvalue weighted by atomic mass is 19.1. The van der Waals surface area contributed by atoms with Crippen LogP contribution < -0.4 is 11.1 Å². The number of aromatic carboxylic acids is 1. The molecular formula is C28H36FN5O5. The molecule has 2 bridgehead atoms. The molecule has 3 aliphatic rings. The SMILES string of the molecule is C.COC(=O)C12CCC(CNC(=O)c3cc(C(=O)O)nc4ccnn34)(CC1)CC2.Cc1cc(CN)ccc1F. The van der Waals surface area contributed by atoms with Gasteiger partial charge < -0.3 is 20.9 Å². The minimum absolute atomic E-state index is 0. The molecule has 0 spiro atoms. The second kappa shape index (κ2) is 11.9. The molecule has 11 heteroatoms. The number of ether oxygens (including phenoxy) is 1. The topological polar surface area (TPSA) is 149 Å². The molecule has 3 saturated carbocycles. The van der Waals surface area contributed by atoms with Gasteiger partial charge >= 0.3 is 11.9 Å². The fourth-order valence-corrected chi connectivity index (χ4v) is 5.43. The third-order valence-corrected chi connectivity index (χ3v) is 7.91. The van der Waals surface area contributed by atoms with Crippen LogP contribution >= 0.6 is 0 Å². The number of carboxylic acids is 1. The summed E-state index contributed by atoms with van der Waals surface area (Å²) in [6, 6.07) is 7.69. The van der Waals surface area contributed by atoms with E-state index in [1.165, 1.54) is 30.0 Å². The molecule has 2 heterocycles. The maximum atomic E-state index is 12.8. The number of aromatic nitrogens is 3. The van der Waals surface area contributed by atoms with Gasteiger partial charge in [0.15, 0.2) is 11.3 Å². The Morgan fingerprint density at radius 1 is 1.13 bits per heavy atom. The van der Waals surface area contributed by atoms with Crippen LogP contribution in [0.25, 0.3) is 5.65 Å². The van der Waals surface area contributed by atoms with Gasteiger partial charge in [-0.15, -0.1) is 0 Å². The summed E-state index contributed by atoms with van der Waals surface area (Å²) in [5, 5.41) is 16.3. The molecule has 1 amide bonds. The number of carboxylic acid groups (broad SMARTS) is 1. The van der Waals surface area contributed by atoms with E-state index < -0.39 is 5.97 Å². The van der Waals surface area contributed by atoms with Crippen molar-refractivity contribution in [3.8, 4) is 0 Å². The quantitative estimate of drug-likeness (QED) is 0.398. The van der Waals surface area contributed by atoms with E-state index in [1.54, 1.807) is 25.1 Å². The van der Waals surface area contributed by atoms with Crippen molar-refractivity contribution in [2.45, 2.75) is 59.4 Å². The Hall–Kier alpha value is -3.86. The largest absolute Gasteiger partial charge is 0.477 e. The van der Waals surface area contributed by atoms with Crippen molar-refractivity contribution in [3.05, 3.63) is 64.9 Å². The summed E-state index contributed by atoms with van der Waals surface area (Å²) in [5.41, 5.74) is 6.83. The van der Waals surface area contributed by atoms with E-state index >= 15 is 0 Å². The van der Waals surface area contributed by atoms with Gasteiger partial charge in [-0.3, -0.25) is 9.59 Å². The second-order valence-electron chi connectivity index (χ2n) is 10.2. The van der Waals surface area contributed by atoms with Gasteiger partial charge in [0.05, 0.1) is 18.7 Å². The van der Waals surface area contributed by atoms with E-state index in [9.17, 15) is 23.9 Å². The number of halogens is 1. The van der Waals surface area contributed by atoms with E-state index in [0.29, 0.717) is 24.3 Å². The van der Waals surface area contributed by atoms with Gasteiger partial charge in [0.1, 0.15) is 11.5 Å². The fraction of sp³-hybridized carbons (Fsp3) is 0.464. The number of fused-ring (bicyclic) bond motifs is 4. The van der Waals surface area contributed by atoms with Gasteiger partial charge in [-0.25, -0.2) is 18.7 Å². The number of aryl methyl sites for hydroxylation is 1. The zero-order valence-corrected chi connectivity index (χ0v) is 21.5. The first-order valence-electron chi connectivity index (χ1n) is 12.5. The number of rotatable bonds is 6. The van der Waals surface area contributed by atoms with E-state index in [4.69, 9.17) is 10.5 Å². The summed E-state index contributed by atoms with van der Waals surface area (Å²) < 4.78 is 18.9. The number of nitrogens with one attached hydrogen (secondary N) is 1. The Morgan fingerprint density at radius 2 is 1.79 bits per heavy atom. The third kappa shape index (κ3) is 6.08. The lowest BCUT2D eigenvalue weighted by Gasteiger charge is -2.51. The minimum Gasteiger partial charge on any atom is -0.477 e. The third-order valence-electron chi connectivity index (χ3n) is 7.91. The molecule has 0 atom stereocenters. The molecule has 0 radical (unpaired) electrons. The van der Waals surface area contributed by atoms with Crippen LogP contribution in [0.5, 0.6) is 0 Å². The van der Waals surface area contributed by atoms with Crippen molar-refractivity contribution in [1.29, 1.82) is 0 Å². The molecule has 0 unspecified atom stereocenters. The maximum absolute atomic E-state index is 12.8.